The monoisotopic (exact) mass is 410 g/mol. The Kier molecular flexibility index (Phi) is 6.25. The molecule has 0 spiro atoms. The average Bonchev–Trinajstić information content (AvgIpc) is 2.75. The maximum Gasteiger partial charge on any atom is 0.352 e. The van der Waals surface area contributed by atoms with Crippen LogP contribution in [0.4, 0.5) is 4.39 Å². The van der Waals surface area contributed by atoms with Gasteiger partial charge in [-0.05, 0) is 38.0 Å². The molecule has 0 aliphatic carbocycles. The second kappa shape index (κ2) is 8.86. The molecular weight excluding hydrogens is 387 g/mol. The third-order valence-corrected chi connectivity index (χ3v) is 4.96. The van der Waals surface area contributed by atoms with Gasteiger partial charge in [0.25, 0.3) is 11.5 Å². The van der Waals surface area contributed by atoms with Gasteiger partial charge in [0.1, 0.15) is 11.5 Å². The Morgan fingerprint density at radius 3 is 2.33 bits per heavy atom. The Morgan fingerprint density at radius 1 is 1.07 bits per heavy atom. The van der Waals surface area contributed by atoms with E-state index in [9.17, 15) is 18.8 Å². The van der Waals surface area contributed by atoms with Gasteiger partial charge in [-0.2, -0.15) is 9.78 Å². The van der Waals surface area contributed by atoms with E-state index in [1.807, 2.05) is 13.0 Å². The quantitative estimate of drug-likeness (QED) is 0.677. The summed E-state index contributed by atoms with van der Waals surface area (Å²) < 4.78 is 16.1. The topological polar surface area (TPSA) is 86.0 Å². The fourth-order valence-corrected chi connectivity index (χ4v) is 3.03. The van der Waals surface area contributed by atoms with E-state index in [1.54, 1.807) is 44.2 Å². The Labute approximate surface area is 172 Å². The van der Waals surface area contributed by atoms with Crippen LogP contribution < -0.4 is 16.6 Å². The summed E-state index contributed by atoms with van der Waals surface area (Å²) in [5.41, 5.74) is -1.59. The number of halogens is 1. The van der Waals surface area contributed by atoms with Gasteiger partial charge in [0, 0.05) is 6.04 Å². The Bertz CT molecular complexity index is 1170. The van der Waals surface area contributed by atoms with E-state index >= 15 is 0 Å². The molecule has 3 rings (SSSR count). The second-order valence-electron chi connectivity index (χ2n) is 7.04. The number of rotatable bonds is 6. The van der Waals surface area contributed by atoms with Crippen molar-refractivity contribution in [1.29, 1.82) is 0 Å². The second-order valence-corrected chi connectivity index (χ2v) is 7.04. The lowest BCUT2D eigenvalue weighted by Crippen LogP contribution is -2.48. The lowest BCUT2D eigenvalue weighted by molar-refractivity contribution is 0.0929. The molecule has 3 aromatic rings. The Hall–Kier alpha value is -3.55. The zero-order valence-electron chi connectivity index (χ0n) is 17.0. The summed E-state index contributed by atoms with van der Waals surface area (Å²) in [6, 6.07) is 13.6. The molecule has 2 unspecified atom stereocenters. The molecular formula is C22H23FN4O3. The molecule has 1 N–H and O–H groups in total. The van der Waals surface area contributed by atoms with Crippen LogP contribution in [-0.4, -0.2) is 26.3 Å². The van der Waals surface area contributed by atoms with Gasteiger partial charge in [-0.1, -0.05) is 49.4 Å². The number of nitrogens with zero attached hydrogens (tertiary/aromatic N) is 3. The molecule has 1 heterocycles. The number of hydrogen-bond donors (Lipinski definition) is 1. The van der Waals surface area contributed by atoms with E-state index < -0.39 is 34.7 Å². The molecule has 7 nitrogen and oxygen atoms in total. The maximum absolute atomic E-state index is 14.4. The normalized spacial score (nSPS) is 12.9. The fraction of sp³-hybridized carbons (Fsp3) is 0.273. The largest absolute Gasteiger partial charge is 0.352 e. The lowest BCUT2D eigenvalue weighted by atomic mass is 10.1. The van der Waals surface area contributed by atoms with Crippen LogP contribution >= 0.6 is 0 Å². The third-order valence-electron chi connectivity index (χ3n) is 4.96. The van der Waals surface area contributed by atoms with Gasteiger partial charge in [0.15, 0.2) is 0 Å². The highest BCUT2D eigenvalue weighted by atomic mass is 19.1. The lowest BCUT2D eigenvalue weighted by Gasteiger charge is -2.18. The van der Waals surface area contributed by atoms with Gasteiger partial charge in [-0.3, -0.25) is 9.59 Å². The molecule has 0 saturated carbocycles. The van der Waals surface area contributed by atoms with Crippen molar-refractivity contribution in [3.8, 4) is 5.69 Å². The predicted molar refractivity (Wildman–Crippen MR) is 112 cm³/mol. The van der Waals surface area contributed by atoms with Gasteiger partial charge in [-0.25, -0.2) is 13.8 Å². The predicted octanol–water partition coefficient (Wildman–Crippen LogP) is 2.67. The van der Waals surface area contributed by atoms with Crippen molar-refractivity contribution in [2.45, 2.75) is 39.3 Å². The highest BCUT2D eigenvalue weighted by molar-refractivity contribution is 5.92. The van der Waals surface area contributed by atoms with Crippen LogP contribution in [0.5, 0.6) is 0 Å². The first-order valence-corrected chi connectivity index (χ1v) is 9.71. The molecule has 1 amide bonds. The zero-order valence-corrected chi connectivity index (χ0v) is 17.0. The molecule has 156 valence electrons. The van der Waals surface area contributed by atoms with Crippen LogP contribution in [0.2, 0.25) is 0 Å². The maximum atomic E-state index is 14.4. The first-order valence-electron chi connectivity index (χ1n) is 9.71. The molecule has 0 radical (unpaired) electrons. The molecule has 2 aromatic carbocycles. The molecule has 0 fully saturated rings. The number of aromatic nitrogens is 3. The first kappa shape index (κ1) is 21.2. The molecule has 0 saturated heterocycles. The van der Waals surface area contributed by atoms with E-state index in [0.29, 0.717) is 12.0 Å². The summed E-state index contributed by atoms with van der Waals surface area (Å²) in [6.45, 7) is 5.34. The van der Waals surface area contributed by atoms with E-state index in [2.05, 4.69) is 10.4 Å². The van der Waals surface area contributed by atoms with Gasteiger partial charge in [-0.15, -0.1) is 0 Å². The first-order chi connectivity index (χ1) is 14.3. The Morgan fingerprint density at radius 2 is 1.70 bits per heavy atom. The molecule has 1 aromatic heterocycles. The molecule has 8 heteroatoms. The zero-order chi connectivity index (χ0) is 21.8. The van der Waals surface area contributed by atoms with Crippen molar-refractivity contribution in [1.82, 2.24) is 19.7 Å². The molecule has 0 bridgehead atoms. The summed E-state index contributed by atoms with van der Waals surface area (Å²) in [6.07, 6.45) is 0.646. The van der Waals surface area contributed by atoms with E-state index in [0.717, 1.165) is 9.25 Å². The standard InChI is InChI=1S/C22H23FN4O3/c1-4-14(2)24-20(28)19-21(29)26(15(3)16-10-6-5-7-11-16)22(30)27(25-19)18-13-9-8-12-17(18)23/h5-15H,4H2,1-3H3,(H,24,28). The van der Waals surface area contributed by atoms with Crippen molar-refractivity contribution in [3.63, 3.8) is 0 Å². The third kappa shape index (κ3) is 4.07. The summed E-state index contributed by atoms with van der Waals surface area (Å²) in [4.78, 5) is 39.0. The van der Waals surface area contributed by atoms with E-state index in [1.165, 1.54) is 18.2 Å². The van der Waals surface area contributed by atoms with Crippen molar-refractivity contribution in [2.75, 3.05) is 0 Å². The van der Waals surface area contributed by atoms with Crippen LogP contribution in [0, 0.1) is 5.82 Å². The minimum atomic E-state index is -0.832. The summed E-state index contributed by atoms with van der Waals surface area (Å²) in [7, 11) is 0. The van der Waals surface area contributed by atoms with Gasteiger partial charge < -0.3 is 5.32 Å². The number of para-hydroxylation sites is 1. The van der Waals surface area contributed by atoms with Crippen molar-refractivity contribution < 1.29 is 9.18 Å². The van der Waals surface area contributed by atoms with Crippen molar-refractivity contribution >= 4 is 5.91 Å². The summed E-state index contributed by atoms with van der Waals surface area (Å²) >= 11 is 0. The van der Waals surface area contributed by atoms with Crippen molar-refractivity contribution in [3.05, 3.63) is 92.5 Å². The number of hydrogen-bond acceptors (Lipinski definition) is 4. The van der Waals surface area contributed by atoms with E-state index in [-0.39, 0.29) is 11.7 Å². The minimum absolute atomic E-state index is 0.144. The highest BCUT2D eigenvalue weighted by Gasteiger charge is 2.25. The molecule has 0 aliphatic rings. The number of benzene rings is 2. The smallest absolute Gasteiger partial charge is 0.348 e. The number of amides is 1. The highest BCUT2D eigenvalue weighted by Crippen LogP contribution is 2.15. The summed E-state index contributed by atoms with van der Waals surface area (Å²) in [5, 5.41) is 6.63. The van der Waals surface area contributed by atoms with Gasteiger partial charge in [0.2, 0.25) is 5.69 Å². The molecule has 0 aliphatic heterocycles. The molecule has 30 heavy (non-hydrogen) atoms. The van der Waals surface area contributed by atoms with Crippen LogP contribution in [-0.2, 0) is 0 Å². The minimum Gasteiger partial charge on any atom is -0.348 e. The number of nitrogens with one attached hydrogen (secondary N) is 1. The van der Waals surface area contributed by atoms with Crippen LogP contribution in [0.25, 0.3) is 5.69 Å². The van der Waals surface area contributed by atoms with Crippen LogP contribution in [0.1, 0.15) is 49.3 Å². The average molecular weight is 410 g/mol. The van der Waals surface area contributed by atoms with Crippen LogP contribution in [0.15, 0.2) is 64.2 Å². The summed E-state index contributed by atoms with van der Waals surface area (Å²) in [5.74, 6) is -1.41. The van der Waals surface area contributed by atoms with Crippen LogP contribution in [0.3, 0.4) is 0 Å². The van der Waals surface area contributed by atoms with Gasteiger partial charge in [0.05, 0.1) is 6.04 Å². The molecule has 2 atom stereocenters. The number of carbonyl (C=O) groups is 1. The van der Waals surface area contributed by atoms with E-state index in [4.69, 9.17) is 0 Å². The van der Waals surface area contributed by atoms with Crippen molar-refractivity contribution in [2.24, 2.45) is 0 Å². The van der Waals surface area contributed by atoms with Gasteiger partial charge >= 0.3 is 5.69 Å². The SMILES string of the molecule is CCC(C)NC(=O)c1nn(-c2ccccc2F)c(=O)n(C(C)c2ccccc2)c1=O. The fourth-order valence-electron chi connectivity index (χ4n) is 3.03. The number of carbonyl (C=O) groups excluding carboxylic acids is 1. The Balaban J connectivity index is 2.28.